The van der Waals surface area contributed by atoms with E-state index in [4.69, 9.17) is 5.73 Å². The van der Waals surface area contributed by atoms with Crippen molar-refractivity contribution >= 4 is 5.69 Å². The van der Waals surface area contributed by atoms with Crippen LogP contribution in [0.15, 0.2) is 36.5 Å². The predicted molar refractivity (Wildman–Crippen MR) is 70.4 cm³/mol. The van der Waals surface area contributed by atoms with Gasteiger partial charge in [0.1, 0.15) is 5.75 Å². The molecule has 6 heteroatoms. The van der Waals surface area contributed by atoms with Crippen molar-refractivity contribution in [3.05, 3.63) is 42.2 Å². The summed E-state index contributed by atoms with van der Waals surface area (Å²) >= 11 is 0. The number of halogens is 3. The van der Waals surface area contributed by atoms with Crippen molar-refractivity contribution in [2.45, 2.75) is 13.1 Å². The molecule has 0 aliphatic carbocycles. The van der Waals surface area contributed by atoms with Crippen LogP contribution < -0.4 is 10.5 Å². The highest BCUT2D eigenvalue weighted by Gasteiger charge is 2.28. The van der Waals surface area contributed by atoms with Gasteiger partial charge in [0.15, 0.2) is 6.61 Å². The van der Waals surface area contributed by atoms with Crippen LogP contribution in [0.5, 0.6) is 5.75 Å². The van der Waals surface area contributed by atoms with Gasteiger partial charge in [-0.2, -0.15) is 13.2 Å². The Morgan fingerprint density at radius 1 is 1.20 bits per heavy atom. The molecule has 1 aromatic heterocycles. The summed E-state index contributed by atoms with van der Waals surface area (Å²) in [5, 5.41) is 0. The van der Waals surface area contributed by atoms with E-state index in [-0.39, 0.29) is 5.75 Å². The molecule has 1 aromatic carbocycles. The summed E-state index contributed by atoms with van der Waals surface area (Å²) in [5.74, 6) is 0.0881. The number of nitrogen functional groups attached to an aromatic ring is 1. The van der Waals surface area contributed by atoms with Gasteiger partial charge in [0.05, 0.1) is 0 Å². The first-order chi connectivity index (χ1) is 9.37. The largest absolute Gasteiger partial charge is 0.484 e. The summed E-state index contributed by atoms with van der Waals surface area (Å²) in [6, 6.07) is 8.10. The Kier molecular flexibility index (Phi) is 3.83. The second-order valence-electron chi connectivity index (χ2n) is 4.29. The molecule has 2 N–H and O–H groups in total. The van der Waals surface area contributed by atoms with Crippen LogP contribution in [0.3, 0.4) is 0 Å². The fourth-order valence-electron chi connectivity index (χ4n) is 1.81. The van der Waals surface area contributed by atoms with Gasteiger partial charge in [-0.1, -0.05) is 6.07 Å². The molecule has 2 aromatic rings. The molecule has 0 aliphatic heterocycles. The minimum atomic E-state index is -4.37. The fourth-order valence-corrected chi connectivity index (χ4v) is 1.81. The lowest BCUT2D eigenvalue weighted by molar-refractivity contribution is -0.153. The Labute approximate surface area is 114 Å². The number of hydrogen-bond acceptors (Lipinski definition) is 3. The van der Waals surface area contributed by atoms with Crippen LogP contribution >= 0.6 is 0 Å². The van der Waals surface area contributed by atoms with Gasteiger partial charge in [0.2, 0.25) is 0 Å². The maximum atomic E-state index is 12.1. The highest BCUT2D eigenvalue weighted by atomic mass is 19.4. The van der Waals surface area contributed by atoms with Gasteiger partial charge in [-0.3, -0.25) is 4.98 Å². The molecule has 0 amide bonds. The van der Waals surface area contributed by atoms with E-state index >= 15 is 0 Å². The molecule has 0 fully saturated rings. The molecule has 3 nitrogen and oxygen atoms in total. The van der Waals surface area contributed by atoms with Gasteiger partial charge >= 0.3 is 6.18 Å². The molecular weight excluding hydrogens is 269 g/mol. The Bertz CT molecular complexity index is 612. The number of benzene rings is 1. The first-order valence-corrected chi connectivity index (χ1v) is 5.88. The zero-order valence-electron chi connectivity index (χ0n) is 10.7. The van der Waals surface area contributed by atoms with Gasteiger partial charge in [0, 0.05) is 34.8 Å². The molecule has 0 saturated carbocycles. The summed E-state index contributed by atoms with van der Waals surface area (Å²) < 4.78 is 40.9. The standard InChI is InChI=1S/C14H13F3N2O/c1-9-11(3-2-6-19-9)12-5-4-10(7-13(12)18)20-8-14(15,16)17/h2-7H,8,18H2,1H3. The zero-order valence-corrected chi connectivity index (χ0v) is 10.7. The first kappa shape index (κ1) is 14.2. The number of nitrogens with two attached hydrogens (primary N) is 1. The molecule has 0 bridgehead atoms. The number of rotatable bonds is 3. The predicted octanol–water partition coefficient (Wildman–Crippen LogP) is 3.58. The van der Waals surface area contributed by atoms with Crippen molar-refractivity contribution in [1.82, 2.24) is 4.98 Å². The molecule has 2 rings (SSSR count). The number of hydrogen-bond donors (Lipinski definition) is 1. The third-order valence-corrected chi connectivity index (χ3v) is 2.72. The smallest absolute Gasteiger partial charge is 0.422 e. The Balaban J connectivity index is 2.25. The maximum Gasteiger partial charge on any atom is 0.422 e. The third kappa shape index (κ3) is 3.40. The average molecular weight is 282 g/mol. The summed E-state index contributed by atoms with van der Waals surface area (Å²) in [6.45, 7) is 0.501. The number of pyridine rings is 1. The lowest BCUT2D eigenvalue weighted by Crippen LogP contribution is -2.19. The Hall–Kier alpha value is -2.24. The summed E-state index contributed by atoms with van der Waals surface area (Å²) in [5.41, 5.74) is 8.57. The van der Waals surface area contributed by atoms with E-state index in [1.165, 1.54) is 12.1 Å². The fraction of sp³-hybridized carbons (Fsp3) is 0.214. The van der Waals surface area contributed by atoms with Crippen LogP contribution in [0.25, 0.3) is 11.1 Å². The van der Waals surface area contributed by atoms with Crippen LogP contribution in [0.1, 0.15) is 5.69 Å². The number of anilines is 1. The van der Waals surface area contributed by atoms with Crippen molar-refractivity contribution in [2.75, 3.05) is 12.3 Å². The molecule has 0 unspecified atom stereocenters. The van der Waals surface area contributed by atoms with Crippen LogP contribution in [0.4, 0.5) is 18.9 Å². The normalized spacial score (nSPS) is 11.4. The van der Waals surface area contributed by atoms with Crippen molar-refractivity contribution in [2.24, 2.45) is 0 Å². The van der Waals surface area contributed by atoms with Crippen LogP contribution in [0.2, 0.25) is 0 Å². The van der Waals surface area contributed by atoms with Crippen molar-refractivity contribution in [3.63, 3.8) is 0 Å². The van der Waals surface area contributed by atoms with Crippen molar-refractivity contribution < 1.29 is 17.9 Å². The molecule has 0 saturated heterocycles. The molecule has 0 atom stereocenters. The quantitative estimate of drug-likeness (QED) is 0.875. The molecule has 1 heterocycles. The van der Waals surface area contributed by atoms with E-state index in [1.807, 2.05) is 13.0 Å². The second kappa shape index (κ2) is 5.40. The first-order valence-electron chi connectivity index (χ1n) is 5.88. The molecule has 0 spiro atoms. The lowest BCUT2D eigenvalue weighted by Gasteiger charge is -2.12. The van der Waals surface area contributed by atoms with Gasteiger partial charge in [0.25, 0.3) is 0 Å². The van der Waals surface area contributed by atoms with Crippen molar-refractivity contribution in [1.29, 1.82) is 0 Å². The van der Waals surface area contributed by atoms with Gasteiger partial charge < -0.3 is 10.5 Å². The second-order valence-corrected chi connectivity index (χ2v) is 4.29. The van der Waals surface area contributed by atoms with Crippen LogP contribution in [0, 0.1) is 6.92 Å². The van der Waals surface area contributed by atoms with E-state index in [2.05, 4.69) is 9.72 Å². The van der Waals surface area contributed by atoms with E-state index in [9.17, 15) is 13.2 Å². The number of nitrogens with zero attached hydrogens (tertiary/aromatic N) is 1. The highest BCUT2D eigenvalue weighted by molar-refractivity contribution is 5.78. The molecule has 106 valence electrons. The monoisotopic (exact) mass is 282 g/mol. The Morgan fingerprint density at radius 3 is 2.55 bits per heavy atom. The van der Waals surface area contributed by atoms with Crippen LogP contribution in [-0.4, -0.2) is 17.8 Å². The number of aromatic nitrogens is 1. The zero-order chi connectivity index (χ0) is 14.8. The van der Waals surface area contributed by atoms with Crippen molar-refractivity contribution in [3.8, 4) is 16.9 Å². The molecule has 0 radical (unpaired) electrons. The van der Waals surface area contributed by atoms with Crippen LogP contribution in [-0.2, 0) is 0 Å². The summed E-state index contributed by atoms with van der Waals surface area (Å²) in [4.78, 5) is 4.15. The highest BCUT2D eigenvalue weighted by Crippen LogP contribution is 2.31. The minimum Gasteiger partial charge on any atom is -0.484 e. The topological polar surface area (TPSA) is 48.1 Å². The van der Waals surface area contributed by atoms with Gasteiger partial charge in [-0.15, -0.1) is 0 Å². The molecular formula is C14H13F3N2O. The number of alkyl halides is 3. The third-order valence-electron chi connectivity index (χ3n) is 2.72. The van der Waals surface area contributed by atoms with E-state index in [0.29, 0.717) is 5.69 Å². The number of aryl methyl sites for hydroxylation is 1. The molecule has 0 aliphatic rings. The lowest BCUT2D eigenvalue weighted by atomic mass is 10.0. The maximum absolute atomic E-state index is 12.1. The minimum absolute atomic E-state index is 0.0881. The molecule has 20 heavy (non-hydrogen) atoms. The van der Waals surface area contributed by atoms with Gasteiger partial charge in [-0.25, -0.2) is 0 Å². The summed E-state index contributed by atoms with van der Waals surface area (Å²) in [7, 11) is 0. The number of ether oxygens (including phenoxy) is 1. The Morgan fingerprint density at radius 2 is 1.95 bits per heavy atom. The average Bonchev–Trinajstić information content (AvgIpc) is 2.37. The van der Waals surface area contributed by atoms with E-state index < -0.39 is 12.8 Å². The SMILES string of the molecule is Cc1ncccc1-c1ccc(OCC(F)(F)F)cc1N. The summed E-state index contributed by atoms with van der Waals surface area (Å²) in [6.07, 6.45) is -2.71. The van der Waals surface area contributed by atoms with E-state index in [0.717, 1.165) is 16.8 Å². The van der Waals surface area contributed by atoms with E-state index in [1.54, 1.807) is 18.3 Å². The van der Waals surface area contributed by atoms with Gasteiger partial charge in [-0.05, 0) is 25.1 Å².